The van der Waals surface area contributed by atoms with E-state index in [1.165, 1.54) is 6.07 Å². The highest BCUT2D eigenvalue weighted by Gasteiger charge is 2.32. The number of nitrogens with zero attached hydrogens (tertiary/aromatic N) is 4. The molecule has 2 heterocycles. The summed E-state index contributed by atoms with van der Waals surface area (Å²) in [6.07, 6.45) is -0.412. The molecule has 0 spiro atoms. The molecule has 3 amide bonds. The van der Waals surface area contributed by atoms with Crippen LogP contribution in [0.25, 0.3) is 11.4 Å². The van der Waals surface area contributed by atoms with Crippen molar-refractivity contribution in [2.24, 2.45) is 5.92 Å². The minimum atomic E-state index is -0.770. The Morgan fingerprint density at radius 1 is 0.921 bits per heavy atom. The molecule has 1 aliphatic heterocycles. The van der Waals surface area contributed by atoms with E-state index < -0.39 is 18.0 Å². The van der Waals surface area contributed by atoms with E-state index in [4.69, 9.17) is 16.3 Å². The quantitative estimate of drug-likeness (QED) is 0.458. The summed E-state index contributed by atoms with van der Waals surface area (Å²) in [5.74, 6) is -0.576. The molecule has 1 saturated heterocycles. The van der Waals surface area contributed by atoms with E-state index in [-0.39, 0.29) is 29.3 Å². The molecular weight excluding hydrogens is 506 g/mol. The number of amides is 3. The molecule has 1 N–H and O–H groups in total. The smallest absolute Gasteiger partial charge is 0.410 e. The summed E-state index contributed by atoms with van der Waals surface area (Å²) in [4.78, 5) is 50.8. The van der Waals surface area contributed by atoms with Crippen LogP contribution in [0.1, 0.15) is 29.9 Å². The summed E-state index contributed by atoms with van der Waals surface area (Å²) in [5.41, 5.74) is 1.71. The first-order chi connectivity index (χ1) is 18.3. The van der Waals surface area contributed by atoms with Crippen molar-refractivity contribution in [3.8, 4) is 11.4 Å². The predicted molar refractivity (Wildman–Crippen MR) is 143 cm³/mol. The molecule has 1 atom stereocenters. The van der Waals surface area contributed by atoms with Gasteiger partial charge in [0.05, 0.1) is 0 Å². The van der Waals surface area contributed by atoms with Crippen LogP contribution in [-0.2, 0) is 16.1 Å². The zero-order valence-corrected chi connectivity index (χ0v) is 22.1. The highest BCUT2D eigenvalue weighted by atomic mass is 35.5. The lowest BCUT2D eigenvalue weighted by Crippen LogP contribution is -2.57. The van der Waals surface area contributed by atoms with Gasteiger partial charge in [0, 0.05) is 37.8 Å². The number of piperazine rings is 1. The average Bonchev–Trinajstić information content (AvgIpc) is 2.94. The van der Waals surface area contributed by atoms with Gasteiger partial charge < -0.3 is 19.9 Å². The van der Waals surface area contributed by atoms with Gasteiger partial charge in [0.2, 0.25) is 5.91 Å². The van der Waals surface area contributed by atoms with Crippen LogP contribution < -0.4 is 5.32 Å². The number of ether oxygens (including phenoxy) is 1. The van der Waals surface area contributed by atoms with Crippen LogP contribution in [0.3, 0.4) is 0 Å². The first kappa shape index (κ1) is 27.1. The summed E-state index contributed by atoms with van der Waals surface area (Å²) in [5, 5.41) is 2.96. The number of carbonyl (C=O) groups is 3. The maximum absolute atomic E-state index is 13.4. The standard InChI is InChI=1S/C28H30ClN5O4/c1-19(2)24(32-26(35)22-17-23(29)31-25(30-22)21-11-7-4-8-12-21)27(36)33-13-15-34(16-14-33)28(37)38-18-20-9-5-3-6-10-20/h3-12,17,19,24H,13-16,18H2,1-2H3,(H,32,35)/t24-/m0/s1. The van der Waals surface area contributed by atoms with E-state index in [1.807, 2.05) is 74.5 Å². The van der Waals surface area contributed by atoms with Crippen LogP contribution >= 0.6 is 11.6 Å². The van der Waals surface area contributed by atoms with Crippen molar-refractivity contribution >= 4 is 29.5 Å². The number of hydrogen-bond donors (Lipinski definition) is 1. The monoisotopic (exact) mass is 535 g/mol. The highest BCUT2D eigenvalue weighted by molar-refractivity contribution is 6.29. The molecule has 1 fully saturated rings. The minimum absolute atomic E-state index is 0.0771. The van der Waals surface area contributed by atoms with Crippen LogP contribution in [0.2, 0.25) is 5.15 Å². The molecule has 0 aliphatic carbocycles. The zero-order valence-electron chi connectivity index (χ0n) is 21.3. The number of carbonyl (C=O) groups excluding carboxylic acids is 3. The Bertz CT molecular complexity index is 1260. The molecule has 1 aromatic heterocycles. The third-order valence-corrected chi connectivity index (χ3v) is 6.43. The fourth-order valence-corrected chi connectivity index (χ4v) is 4.28. The van der Waals surface area contributed by atoms with Crippen LogP contribution in [-0.4, -0.2) is 69.9 Å². The topological polar surface area (TPSA) is 105 Å². The number of benzene rings is 2. The molecule has 2 aromatic carbocycles. The number of hydrogen-bond acceptors (Lipinski definition) is 6. The van der Waals surface area contributed by atoms with E-state index in [0.29, 0.717) is 32.0 Å². The van der Waals surface area contributed by atoms with Gasteiger partial charge in [-0.05, 0) is 11.5 Å². The van der Waals surface area contributed by atoms with E-state index in [0.717, 1.165) is 11.1 Å². The molecule has 0 saturated carbocycles. The van der Waals surface area contributed by atoms with E-state index in [9.17, 15) is 14.4 Å². The van der Waals surface area contributed by atoms with Crippen LogP contribution in [0.5, 0.6) is 0 Å². The lowest BCUT2D eigenvalue weighted by atomic mass is 10.0. The molecule has 198 valence electrons. The molecule has 3 aromatic rings. The van der Waals surface area contributed by atoms with Gasteiger partial charge in [-0.2, -0.15) is 0 Å². The van der Waals surface area contributed by atoms with Crippen LogP contribution in [0.15, 0.2) is 66.7 Å². The van der Waals surface area contributed by atoms with Crippen LogP contribution in [0, 0.1) is 5.92 Å². The first-order valence-corrected chi connectivity index (χ1v) is 12.8. The van der Waals surface area contributed by atoms with Crippen LogP contribution in [0.4, 0.5) is 4.79 Å². The maximum atomic E-state index is 13.4. The summed E-state index contributed by atoms with van der Waals surface area (Å²) in [6.45, 7) is 5.30. The van der Waals surface area contributed by atoms with Crippen molar-refractivity contribution in [3.63, 3.8) is 0 Å². The zero-order chi connectivity index (χ0) is 27.1. The number of nitrogens with one attached hydrogen (secondary N) is 1. The van der Waals surface area contributed by atoms with Crippen molar-refractivity contribution in [3.05, 3.63) is 83.1 Å². The maximum Gasteiger partial charge on any atom is 0.410 e. The Labute approximate surface area is 226 Å². The van der Waals surface area contributed by atoms with Crippen molar-refractivity contribution in [1.82, 2.24) is 25.1 Å². The third kappa shape index (κ3) is 6.86. The Morgan fingerprint density at radius 2 is 1.53 bits per heavy atom. The molecule has 10 heteroatoms. The second kappa shape index (κ2) is 12.5. The van der Waals surface area contributed by atoms with Crippen molar-refractivity contribution in [2.45, 2.75) is 26.5 Å². The predicted octanol–water partition coefficient (Wildman–Crippen LogP) is 4.03. The fraction of sp³-hybridized carbons (Fsp3) is 0.321. The van der Waals surface area contributed by atoms with Gasteiger partial charge in [0.1, 0.15) is 23.5 Å². The van der Waals surface area contributed by atoms with Gasteiger partial charge in [-0.1, -0.05) is 86.1 Å². The van der Waals surface area contributed by atoms with Gasteiger partial charge in [-0.15, -0.1) is 0 Å². The van der Waals surface area contributed by atoms with Gasteiger partial charge in [0.15, 0.2) is 5.82 Å². The molecule has 1 aliphatic rings. The third-order valence-electron chi connectivity index (χ3n) is 6.23. The number of aromatic nitrogens is 2. The highest BCUT2D eigenvalue weighted by Crippen LogP contribution is 2.19. The molecule has 38 heavy (non-hydrogen) atoms. The second-order valence-corrected chi connectivity index (χ2v) is 9.70. The van der Waals surface area contributed by atoms with E-state index >= 15 is 0 Å². The van der Waals surface area contributed by atoms with Gasteiger partial charge in [0.25, 0.3) is 5.91 Å². The number of halogens is 1. The van der Waals surface area contributed by atoms with E-state index in [2.05, 4.69) is 15.3 Å². The lowest BCUT2D eigenvalue weighted by molar-refractivity contribution is -0.136. The molecular formula is C28H30ClN5O4. The Hall–Kier alpha value is -3.98. The van der Waals surface area contributed by atoms with E-state index in [1.54, 1.807) is 9.80 Å². The SMILES string of the molecule is CC(C)[C@H](NC(=O)c1cc(Cl)nc(-c2ccccc2)n1)C(=O)N1CCN(C(=O)OCc2ccccc2)CC1. The van der Waals surface area contributed by atoms with Gasteiger partial charge in [-0.3, -0.25) is 9.59 Å². The van der Waals surface area contributed by atoms with Gasteiger partial charge >= 0.3 is 6.09 Å². The molecule has 0 unspecified atom stereocenters. The summed E-state index contributed by atoms with van der Waals surface area (Å²) in [6, 6.07) is 19.3. The first-order valence-electron chi connectivity index (χ1n) is 12.5. The van der Waals surface area contributed by atoms with Crippen molar-refractivity contribution < 1.29 is 19.1 Å². The summed E-state index contributed by atoms with van der Waals surface area (Å²) >= 11 is 6.18. The normalized spacial score (nSPS) is 14.2. The average molecular weight is 536 g/mol. The molecule has 0 bridgehead atoms. The Kier molecular flexibility index (Phi) is 8.91. The Balaban J connectivity index is 1.36. The fourth-order valence-electron chi connectivity index (χ4n) is 4.10. The minimum Gasteiger partial charge on any atom is -0.445 e. The Morgan fingerprint density at radius 3 is 2.16 bits per heavy atom. The molecule has 4 rings (SSSR count). The summed E-state index contributed by atoms with van der Waals surface area (Å²) < 4.78 is 5.41. The largest absolute Gasteiger partial charge is 0.445 e. The van der Waals surface area contributed by atoms with Gasteiger partial charge in [-0.25, -0.2) is 14.8 Å². The second-order valence-electron chi connectivity index (χ2n) is 9.31. The summed E-state index contributed by atoms with van der Waals surface area (Å²) in [7, 11) is 0. The molecule has 9 nitrogen and oxygen atoms in total. The number of rotatable bonds is 7. The van der Waals surface area contributed by atoms with Crippen molar-refractivity contribution in [1.29, 1.82) is 0 Å². The van der Waals surface area contributed by atoms with Crippen molar-refractivity contribution in [2.75, 3.05) is 26.2 Å². The molecule has 0 radical (unpaired) electrons. The lowest BCUT2D eigenvalue weighted by Gasteiger charge is -2.36.